The van der Waals surface area contributed by atoms with Crippen molar-refractivity contribution in [3.63, 3.8) is 0 Å². The molecule has 0 aliphatic heterocycles. The molecule has 0 aliphatic carbocycles. The molecule has 4 aromatic heterocycles. The lowest BCUT2D eigenvalue weighted by molar-refractivity contribution is 0.102. The summed E-state index contributed by atoms with van der Waals surface area (Å²) in [5.41, 5.74) is 1.62. The zero-order valence-electron chi connectivity index (χ0n) is 15.3. The van der Waals surface area contributed by atoms with Crippen LogP contribution in [0.25, 0.3) is 5.65 Å². The number of ether oxygens (including phenoxy) is 1. The highest BCUT2D eigenvalue weighted by molar-refractivity contribution is 6.08. The molecule has 0 unspecified atom stereocenters. The molecule has 4 aromatic rings. The van der Waals surface area contributed by atoms with Gasteiger partial charge in [-0.1, -0.05) is 13.0 Å². The van der Waals surface area contributed by atoms with Crippen LogP contribution in [0.3, 0.4) is 0 Å². The van der Waals surface area contributed by atoms with E-state index in [4.69, 9.17) is 4.74 Å². The van der Waals surface area contributed by atoms with Crippen molar-refractivity contribution >= 4 is 17.4 Å². The number of amides is 1. The average molecular weight is 375 g/mol. The van der Waals surface area contributed by atoms with Crippen molar-refractivity contribution in [2.45, 2.75) is 20.3 Å². The van der Waals surface area contributed by atoms with Gasteiger partial charge in [-0.2, -0.15) is 0 Å². The molecule has 0 spiro atoms. The number of carbonyl (C=O) groups excluding carboxylic acids is 1. The van der Waals surface area contributed by atoms with Crippen molar-refractivity contribution in [2.75, 3.05) is 5.32 Å². The SMILES string of the molecule is CCc1cccc(NC(=O)c2cc(Oc3cnc(C)nc3)cn3cnnc23)n1. The van der Waals surface area contributed by atoms with Crippen molar-refractivity contribution in [2.24, 2.45) is 0 Å². The molecular formula is C19H17N7O2. The number of aromatic nitrogens is 6. The van der Waals surface area contributed by atoms with Crippen LogP contribution >= 0.6 is 0 Å². The summed E-state index contributed by atoms with van der Waals surface area (Å²) >= 11 is 0. The molecule has 0 saturated carbocycles. The third-order valence-electron chi connectivity index (χ3n) is 4.02. The largest absolute Gasteiger partial charge is 0.453 e. The number of hydrogen-bond acceptors (Lipinski definition) is 7. The van der Waals surface area contributed by atoms with Crippen molar-refractivity contribution in [1.82, 2.24) is 29.5 Å². The van der Waals surface area contributed by atoms with E-state index < -0.39 is 0 Å². The van der Waals surface area contributed by atoms with Gasteiger partial charge in [-0.3, -0.25) is 9.20 Å². The number of rotatable bonds is 5. The summed E-state index contributed by atoms with van der Waals surface area (Å²) in [5, 5.41) is 10.7. The molecule has 4 heterocycles. The first-order valence-corrected chi connectivity index (χ1v) is 8.69. The van der Waals surface area contributed by atoms with Gasteiger partial charge in [0.25, 0.3) is 5.91 Å². The molecule has 0 atom stereocenters. The summed E-state index contributed by atoms with van der Waals surface area (Å²) < 4.78 is 7.41. The quantitative estimate of drug-likeness (QED) is 0.571. The van der Waals surface area contributed by atoms with Crippen molar-refractivity contribution < 1.29 is 9.53 Å². The molecule has 1 N–H and O–H groups in total. The van der Waals surface area contributed by atoms with Crippen LogP contribution in [0.1, 0.15) is 28.8 Å². The van der Waals surface area contributed by atoms with Crippen molar-refractivity contribution in [1.29, 1.82) is 0 Å². The summed E-state index contributed by atoms with van der Waals surface area (Å²) in [7, 11) is 0. The highest BCUT2D eigenvalue weighted by Crippen LogP contribution is 2.23. The van der Waals surface area contributed by atoms with E-state index >= 15 is 0 Å². The Kier molecular flexibility index (Phi) is 4.63. The number of nitrogens with zero attached hydrogens (tertiary/aromatic N) is 6. The van der Waals surface area contributed by atoms with Crippen LogP contribution in [0.5, 0.6) is 11.5 Å². The Labute approximate surface area is 160 Å². The minimum atomic E-state index is -0.357. The van der Waals surface area contributed by atoms with Gasteiger partial charge >= 0.3 is 0 Å². The number of aryl methyl sites for hydroxylation is 2. The van der Waals surface area contributed by atoms with Crippen LogP contribution in [-0.2, 0) is 6.42 Å². The maximum atomic E-state index is 12.9. The molecule has 0 saturated heterocycles. The second-order valence-electron chi connectivity index (χ2n) is 6.04. The zero-order chi connectivity index (χ0) is 19.5. The van der Waals surface area contributed by atoms with Crippen molar-refractivity contribution in [3.8, 4) is 11.5 Å². The maximum absolute atomic E-state index is 12.9. The van der Waals surface area contributed by atoms with Crippen LogP contribution in [0.15, 0.2) is 49.2 Å². The Balaban J connectivity index is 1.66. The summed E-state index contributed by atoms with van der Waals surface area (Å²) in [6.07, 6.45) is 7.10. The van der Waals surface area contributed by atoms with Crippen LogP contribution < -0.4 is 10.1 Å². The molecule has 9 heteroatoms. The molecule has 0 bridgehead atoms. The highest BCUT2D eigenvalue weighted by Gasteiger charge is 2.16. The van der Waals surface area contributed by atoms with Gasteiger partial charge in [-0.25, -0.2) is 15.0 Å². The Bertz CT molecular complexity index is 1140. The Morgan fingerprint density at radius 3 is 2.82 bits per heavy atom. The van der Waals surface area contributed by atoms with E-state index in [-0.39, 0.29) is 5.91 Å². The van der Waals surface area contributed by atoms with Crippen LogP contribution in [-0.4, -0.2) is 35.5 Å². The molecular weight excluding hydrogens is 358 g/mol. The number of hydrogen-bond donors (Lipinski definition) is 1. The van der Waals surface area contributed by atoms with Gasteiger partial charge in [0.2, 0.25) is 0 Å². The summed E-state index contributed by atoms with van der Waals surface area (Å²) in [4.78, 5) is 25.5. The monoisotopic (exact) mass is 375 g/mol. The van der Waals surface area contributed by atoms with E-state index in [1.165, 1.54) is 6.33 Å². The lowest BCUT2D eigenvalue weighted by Gasteiger charge is -2.10. The molecule has 28 heavy (non-hydrogen) atoms. The molecule has 4 rings (SSSR count). The van der Waals surface area contributed by atoms with Gasteiger partial charge in [0.1, 0.15) is 23.7 Å². The predicted molar refractivity (Wildman–Crippen MR) is 101 cm³/mol. The molecule has 0 fully saturated rings. The predicted octanol–water partition coefficient (Wildman–Crippen LogP) is 2.83. The van der Waals surface area contributed by atoms with Crippen LogP contribution in [0.4, 0.5) is 5.82 Å². The van der Waals surface area contributed by atoms with E-state index in [9.17, 15) is 4.79 Å². The fourth-order valence-corrected chi connectivity index (χ4v) is 2.63. The Morgan fingerprint density at radius 2 is 2.04 bits per heavy atom. The molecule has 0 radical (unpaired) electrons. The molecule has 0 aromatic carbocycles. The second kappa shape index (κ2) is 7.39. The van der Waals surface area contributed by atoms with Gasteiger partial charge in [-0.05, 0) is 31.5 Å². The fraction of sp³-hybridized carbons (Fsp3) is 0.158. The van der Waals surface area contributed by atoms with E-state index in [0.717, 1.165) is 12.1 Å². The lowest BCUT2D eigenvalue weighted by atomic mass is 10.2. The van der Waals surface area contributed by atoms with E-state index in [0.29, 0.717) is 34.4 Å². The van der Waals surface area contributed by atoms with E-state index in [1.54, 1.807) is 42.0 Å². The normalized spacial score (nSPS) is 10.8. The van der Waals surface area contributed by atoms with Crippen LogP contribution in [0, 0.1) is 6.92 Å². The van der Waals surface area contributed by atoms with E-state index in [2.05, 4.69) is 30.5 Å². The minimum Gasteiger partial charge on any atom is -0.453 e. The highest BCUT2D eigenvalue weighted by atomic mass is 16.5. The average Bonchev–Trinajstić information content (AvgIpc) is 3.18. The first kappa shape index (κ1) is 17.5. The molecule has 1 amide bonds. The third kappa shape index (κ3) is 3.63. The number of nitrogens with one attached hydrogen (secondary N) is 1. The second-order valence-corrected chi connectivity index (χ2v) is 6.04. The molecule has 9 nitrogen and oxygen atoms in total. The minimum absolute atomic E-state index is 0.312. The summed E-state index contributed by atoms with van der Waals surface area (Å²) in [6.45, 7) is 3.79. The van der Waals surface area contributed by atoms with Crippen LogP contribution in [0.2, 0.25) is 0 Å². The van der Waals surface area contributed by atoms with Gasteiger partial charge in [0.05, 0.1) is 24.2 Å². The summed E-state index contributed by atoms with van der Waals surface area (Å²) in [6, 6.07) is 7.10. The zero-order valence-corrected chi connectivity index (χ0v) is 15.3. The number of pyridine rings is 2. The first-order valence-electron chi connectivity index (χ1n) is 8.69. The van der Waals surface area contributed by atoms with Gasteiger partial charge in [0.15, 0.2) is 11.4 Å². The molecule has 0 aliphatic rings. The Hall–Kier alpha value is -3.88. The van der Waals surface area contributed by atoms with Gasteiger partial charge in [0, 0.05) is 5.69 Å². The molecule has 140 valence electrons. The smallest absolute Gasteiger partial charge is 0.260 e. The van der Waals surface area contributed by atoms with Gasteiger partial charge in [-0.15, -0.1) is 10.2 Å². The number of anilines is 1. The standard InChI is InChI=1S/C19H17N7O2/c1-3-13-5-4-6-17(23-13)24-19(27)16-7-14(10-26-11-22-25-18(16)26)28-15-8-20-12(2)21-9-15/h4-11H,3H2,1-2H3,(H,23,24,27). The van der Waals surface area contributed by atoms with Gasteiger partial charge < -0.3 is 10.1 Å². The topological polar surface area (TPSA) is 107 Å². The fourth-order valence-electron chi connectivity index (χ4n) is 2.63. The van der Waals surface area contributed by atoms with Crippen molar-refractivity contribution in [3.05, 3.63) is 66.3 Å². The summed E-state index contributed by atoms with van der Waals surface area (Å²) in [5.74, 6) is 1.65. The number of carbonyl (C=O) groups is 1. The number of fused-ring (bicyclic) bond motifs is 1. The maximum Gasteiger partial charge on any atom is 0.260 e. The van der Waals surface area contributed by atoms with E-state index in [1.807, 2.05) is 19.1 Å². The first-order chi connectivity index (χ1) is 13.6. The Morgan fingerprint density at radius 1 is 1.21 bits per heavy atom. The lowest BCUT2D eigenvalue weighted by Crippen LogP contribution is -2.15. The third-order valence-corrected chi connectivity index (χ3v) is 4.02.